The van der Waals surface area contributed by atoms with E-state index in [4.69, 9.17) is 10.8 Å². The second-order valence-electron chi connectivity index (χ2n) is 4.12. The molecule has 0 aromatic carbocycles. The zero-order valence-electron chi connectivity index (χ0n) is 10.0. The van der Waals surface area contributed by atoms with E-state index in [0.29, 0.717) is 19.3 Å². The van der Waals surface area contributed by atoms with Crippen molar-refractivity contribution in [2.75, 3.05) is 0 Å². The lowest BCUT2D eigenvalue weighted by Gasteiger charge is -2.13. The molecule has 0 bridgehead atoms. The second-order valence-corrected chi connectivity index (χ2v) is 4.12. The molecule has 16 heavy (non-hydrogen) atoms. The first-order valence-electron chi connectivity index (χ1n) is 5.75. The average Bonchev–Trinajstić information content (AvgIpc) is 2.16. The van der Waals surface area contributed by atoms with Crippen molar-refractivity contribution in [3.05, 3.63) is 0 Å². The summed E-state index contributed by atoms with van der Waals surface area (Å²) < 4.78 is 0. The van der Waals surface area contributed by atoms with Gasteiger partial charge in [0.25, 0.3) is 0 Å². The van der Waals surface area contributed by atoms with Gasteiger partial charge in [0.1, 0.15) is 6.04 Å². The van der Waals surface area contributed by atoms with Gasteiger partial charge in [0.2, 0.25) is 5.91 Å². The molecule has 0 aromatic heterocycles. The highest BCUT2D eigenvalue weighted by Crippen LogP contribution is 2.01. The lowest BCUT2D eigenvalue weighted by atomic mass is 10.1. The zero-order valence-corrected chi connectivity index (χ0v) is 10.0. The van der Waals surface area contributed by atoms with Crippen molar-refractivity contribution in [2.24, 2.45) is 5.73 Å². The number of carboxylic acids is 1. The van der Waals surface area contributed by atoms with E-state index in [2.05, 4.69) is 5.32 Å². The summed E-state index contributed by atoms with van der Waals surface area (Å²) in [6, 6.07) is -0.675. The van der Waals surface area contributed by atoms with E-state index in [1.165, 1.54) is 0 Å². The highest BCUT2D eigenvalue weighted by molar-refractivity contribution is 5.83. The number of hydrogen-bond acceptors (Lipinski definition) is 3. The SMILES string of the molecule is CCC[C@H](NC(=O)CCCC(C)N)C(=O)O. The van der Waals surface area contributed by atoms with Crippen LogP contribution < -0.4 is 11.1 Å². The van der Waals surface area contributed by atoms with Crippen molar-refractivity contribution in [1.82, 2.24) is 5.32 Å². The van der Waals surface area contributed by atoms with Gasteiger partial charge in [-0.25, -0.2) is 4.79 Å². The van der Waals surface area contributed by atoms with E-state index in [0.717, 1.165) is 12.8 Å². The summed E-state index contributed by atoms with van der Waals surface area (Å²) in [5, 5.41) is 11.3. The number of carbonyl (C=O) groups is 2. The molecule has 0 aromatic rings. The van der Waals surface area contributed by atoms with Crippen molar-refractivity contribution >= 4 is 11.9 Å². The minimum atomic E-state index is -0.970. The molecule has 5 nitrogen and oxygen atoms in total. The molecule has 0 radical (unpaired) electrons. The summed E-state index contributed by atoms with van der Waals surface area (Å²) in [5.41, 5.74) is 5.55. The lowest BCUT2D eigenvalue weighted by molar-refractivity contribution is -0.142. The lowest BCUT2D eigenvalue weighted by Crippen LogP contribution is -2.40. The van der Waals surface area contributed by atoms with Crippen LogP contribution in [0.3, 0.4) is 0 Å². The Labute approximate surface area is 96.4 Å². The molecule has 0 saturated heterocycles. The van der Waals surface area contributed by atoms with Crippen LogP contribution >= 0.6 is 0 Å². The number of nitrogens with one attached hydrogen (secondary N) is 1. The number of rotatable bonds is 8. The molecule has 0 fully saturated rings. The molecular weight excluding hydrogens is 208 g/mol. The minimum absolute atomic E-state index is 0.0821. The van der Waals surface area contributed by atoms with E-state index in [-0.39, 0.29) is 11.9 Å². The van der Waals surface area contributed by atoms with Crippen LogP contribution in [0.2, 0.25) is 0 Å². The fourth-order valence-electron chi connectivity index (χ4n) is 1.40. The van der Waals surface area contributed by atoms with Crippen LogP contribution in [0.1, 0.15) is 46.0 Å². The Morgan fingerprint density at radius 3 is 2.44 bits per heavy atom. The van der Waals surface area contributed by atoms with Crippen LogP contribution in [0, 0.1) is 0 Å². The number of amides is 1. The molecule has 0 aliphatic heterocycles. The van der Waals surface area contributed by atoms with Gasteiger partial charge in [-0.05, 0) is 26.2 Å². The Bertz CT molecular complexity index is 229. The third-order valence-electron chi connectivity index (χ3n) is 2.27. The number of carbonyl (C=O) groups excluding carboxylic acids is 1. The average molecular weight is 230 g/mol. The van der Waals surface area contributed by atoms with Gasteiger partial charge in [-0.1, -0.05) is 13.3 Å². The van der Waals surface area contributed by atoms with Gasteiger partial charge in [-0.2, -0.15) is 0 Å². The molecule has 0 heterocycles. The number of aliphatic carboxylic acids is 1. The molecule has 2 atom stereocenters. The van der Waals surface area contributed by atoms with E-state index in [1.54, 1.807) is 0 Å². The Kier molecular flexibility index (Phi) is 7.54. The van der Waals surface area contributed by atoms with Gasteiger partial charge in [-0.3, -0.25) is 4.79 Å². The number of carboxylic acid groups (broad SMARTS) is 1. The Morgan fingerprint density at radius 2 is 2.00 bits per heavy atom. The highest BCUT2D eigenvalue weighted by Gasteiger charge is 2.18. The highest BCUT2D eigenvalue weighted by atomic mass is 16.4. The third kappa shape index (κ3) is 7.23. The Balaban J connectivity index is 3.86. The van der Waals surface area contributed by atoms with Gasteiger partial charge in [0, 0.05) is 12.5 Å². The summed E-state index contributed by atoms with van der Waals surface area (Å²) in [4.78, 5) is 22.2. The second kappa shape index (κ2) is 8.10. The first kappa shape index (κ1) is 14.9. The largest absolute Gasteiger partial charge is 0.480 e. The van der Waals surface area contributed by atoms with Gasteiger partial charge >= 0.3 is 5.97 Å². The molecule has 0 saturated carbocycles. The molecule has 1 unspecified atom stereocenters. The molecule has 4 N–H and O–H groups in total. The smallest absolute Gasteiger partial charge is 0.326 e. The predicted molar refractivity (Wildman–Crippen MR) is 62.0 cm³/mol. The summed E-state index contributed by atoms with van der Waals surface area (Å²) in [6.45, 7) is 3.77. The van der Waals surface area contributed by atoms with Crippen LogP contribution in [-0.4, -0.2) is 29.1 Å². The number of hydrogen-bond donors (Lipinski definition) is 3. The maximum Gasteiger partial charge on any atom is 0.326 e. The fraction of sp³-hybridized carbons (Fsp3) is 0.818. The van der Waals surface area contributed by atoms with Crippen LogP contribution in [0.4, 0.5) is 0 Å². The van der Waals surface area contributed by atoms with Crippen molar-refractivity contribution in [3.8, 4) is 0 Å². The minimum Gasteiger partial charge on any atom is -0.480 e. The molecule has 1 amide bonds. The monoisotopic (exact) mass is 230 g/mol. The molecule has 0 aliphatic rings. The summed E-state index contributed by atoms with van der Waals surface area (Å²) in [6.07, 6.45) is 3.02. The maximum atomic E-state index is 11.4. The van der Waals surface area contributed by atoms with Crippen molar-refractivity contribution in [1.29, 1.82) is 0 Å². The predicted octanol–water partition coefficient (Wildman–Crippen LogP) is 0.873. The van der Waals surface area contributed by atoms with Crippen LogP contribution in [0.5, 0.6) is 0 Å². The summed E-state index contributed by atoms with van der Waals surface area (Å²) in [5.74, 6) is -1.18. The van der Waals surface area contributed by atoms with Gasteiger partial charge in [-0.15, -0.1) is 0 Å². The van der Waals surface area contributed by atoms with Gasteiger partial charge in [0.15, 0.2) is 0 Å². The molecule has 0 spiro atoms. The number of nitrogens with two attached hydrogens (primary N) is 1. The van der Waals surface area contributed by atoms with Crippen molar-refractivity contribution in [3.63, 3.8) is 0 Å². The first-order chi connectivity index (χ1) is 7.47. The molecule has 5 heteroatoms. The Morgan fingerprint density at radius 1 is 1.38 bits per heavy atom. The topological polar surface area (TPSA) is 92.4 Å². The standard InChI is InChI=1S/C11H22N2O3/c1-3-5-9(11(15)16)13-10(14)7-4-6-8(2)12/h8-9H,3-7,12H2,1-2H3,(H,13,14)(H,15,16)/t8?,9-/m0/s1. The van der Waals surface area contributed by atoms with Gasteiger partial charge < -0.3 is 16.2 Å². The molecule has 0 aliphatic carbocycles. The third-order valence-corrected chi connectivity index (χ3v) is 2.27. The molecule has 0 rings (SSSR count). The normalized spacial score (nSPS) is 14.2. The molecular formula is C11H22N2O3. The van der Waals surface area contributed by atoms with Crippen molar-refractivity contribution < 1.29 is 14.7 Å². The van der Waals surface area contributed by atoms with E-state index in [1.807, 2.05) is 13.8 Å². The maximum absolute atomic E-state index is 11.4. The Hall–Kier alpha value is -1.10. The molecule has 94 valence electrons. The first-order valence-corrected chi connectivity index (χ1v) is 5.75. The van der Waals surface area contributed by atoms with Crippen molar-refractivity contribution in [2.45, 2.75) is 58.0 Å². The quantitative estimate of drug-likeness (QED) is 0.577. The van der Waals surface area contributed by atoms with E-state index >= 15 is 0 Å². The van der Waals surface area contributed by atoms with E-state index in [9.17, 15) is 9.59 Å². The fourth-order valence-corrected chi connectivity index (χ4v) is 1.40. The van der Waals surface area contributed by atoms with Crippen LogP contribution in [-0.2, 0) is 9.59 Å². The zero-order chi connectivity index (χ0) is 12.6. The van der Waals surface area contributed by atoms with Crippen LogP contribution in [0.15, 0.2) is 0 Å². The van der Waals surface area contributed by atoms with E-state index < -0.39 is 12.0 Å². The summed E-state index contributed by atoms with van der Waals surface area (Å²) >= 11 is 0. The van der Waals surface area contributed by atoms with Crippen LogP contribution in [0.25, 0.3) is 0 Å². The summed E-state index contributed by atoms with van der Waals surface area (Å²) in [7, 11) is 0. The van der Waals surface area contributed by atoms with Gasteiger partial charge in [0.05, 0.1) is 0 Å².